The van der Waals surface area contributed by atoms with Gasteiger partial charge >= 0.3 is 0 Å². The van der Waals surface area contributed by atoms with Crippen molar-refractivity contribution in [2.24, 2.45) is 0 Å². The molecule has 0 radical (unpaired) electrons. The highest BCUT2D eigenvalue weighted by Gasteiger charge is 2.23. The average molecular weight is 256 g/mol. The van der Waals surface area contributed by atoms with E-state index in [0.717, 1.165) is 10.7 Å². The largest absolute Gasteiger partial charge is 0.239 e. The highest BCUT2D eigenvalue weighted by molar-refractivity contribution is 7.13. The number of rotatable bonds is 2. The number of thiazole rings is 1. The number of hydrogen-bond acceptors (Lipinski definition) is 3. The Morgan fingerprint density at radius 1 is 1.28 bits per heavy atom. The molecule has 0 amide bonds. The lowest BCUT2D eigenvalue weighted by Gasteiger charge is -2.10. The van der Waals surface area contributed by atoms with Crippen molar-refractivity contribution in [2.75, 3.05) is 0 Å². The highest BCUT2D eigenvalue weighted by atomic mass is 32.1. The maximum atomic E-state index is 9.14. The van der Waals surface area contributed by atoms with Crippen molar-refractivity contribution in [1.82, 2.24) is 4.98 Å². The Morgan fingerprint density at radius 3 is 2.67 bits per heavy atom. The van der Waals surface area contributed by atoms with Crippen LogP contribution in [0.15, 0.2) is 23.6 Å². The van der Waals surface area contributed by atoms with Gasteiger partial charge in [0.1, 0.15) is 5.01 Å². The molecule has 0 N–H and O–H groups in total. The summed E-state index contributed by atoms with van der Waals surface area (Å²) >= 11 is 1.61. The molecule has 2 nitrogen and oxygen atoms in total. The Kier molecular flexibility index (Phi) is 3.23. The van der Waals surface area contributed by atoms with E-state index < -0.39 is 5.41 Å². The molecule has 0 spiro atoms. The second-order valence-electron chi connectivity index (χ2n) is 5.09. The monoisotopic (exact) mass is 256 g/mol. The Labute approximate surface area is 112 Å². The molecule has 0 aliphatic heterocycles. The molecule has 3 heteroatoms. The first-order valence-electron chi connectivity index (χ1n) is 5.89. The molecule has 0 saturated heterocycles. The first kappa shape index (κ1) is 12.8. The maximum Gasteiger partial charge on any atom is 0.123 e. The van der Waals surface area contributed by atoms with Gasteiger partial charge in [0.2, 0.25) is 0 Å². The van der Waals surface area contributed by atoms with Crippen LogP contribution in [0, 0.1) is 25.2 Å². The van der Waals surface area contributed by atoms with Crippen molar-refractivity contribution >= 4 is 11.3 Å². The fraction of sp³-hybridized carbons (Fsp3) is 0.333. The van der Waals surface area contributed by atoms with Crippen LogP contribution in [0.1, 0.15) is 30.7 Å². The van der Waals surface area contributed by atoms with Crippen LogP contribution in [0.5, 0.6) is 0 Å². The fourth-order valence-corrected chi connectivity index (χ4v) is 2.78. The van der Waals surface area contributed by atoms with E-state index in [2.05, 4.69) is 43.1 Å². The Bertz CT molecular complexity index is 618. The van der Waals surface area contributed by atoms with Crippen molar-refractivity contribution in [1.29, 1.82) is 5.26 Å². The lowest BCUT2D eigenvalue weighted by molar-refractivity contribution is 0.666. The van der Waals surface area contributed by atoms with Crippen LogP contribution in [0.4, 0.5) is 0 Å². The summed E-state index contributed by atoms with van der Waals surface area (Å²) in [5.74, 6) is 0. The SMILES string of the molecule is Cc1ccc(C)c(-c2nc(C(C)(C)C#N)cs2)c1. The van der Waals surface area contributed by atoms with E-state index in [1.54, 1.807) is 11.3 Å². The van der Waals surface area contributed by atoms with Crippen molar-refractivity contribution in [3.05, 3.63) is 40.4 Å². The standard InChI is InChI=1S/C15H16N2S/c1-10-5-6-11(2)12(7-10)14-17-13(8-18-14)15(3,4)9-16/h5-8H,1-4H3. The van der Waals surface area contributed by atoms with Gasteiger partial charge in [-0.25, -0.2) is 4.98 Å². The molecule has 0 atom stereocenters. The lowest BCUT2D eigenvalue weighted by Crippen LogP contribution is -2.14. The van der Waals surface area contributed by atoms with Gasteiger partial charge in [-0.05, 0) is 39.3 Å². The van der Waals surface area contributed by atoms with Gasteiger partial charge < -0.3 is 0 Å². The van der Waals surface area contributed by atoms with E-state index in [1.165, 1.54) is 16.7 Å². The van der Waals surface area contributed by atoms with Gasteiger partial charge in [0, 0.05) is 10.9 Å². The first-order chi connectivity index (χ1) is 8.44. The number of aromatic nitrogens is 1. The van der Waals surface area contributed by atoms with Gasteiger partial charge in [-0.3, -0.25) is 0 Å². The molecule has 1 aromatic carbocycles. The van der Waals surface area contributed by atoms with Crippen molar-refractivity contribution in [3.8, 4) is 16.6 Å². The summed E-state index contributed by atoms with van der Waals surface area (Å²) in [5, 5.41) is 12.1. The Balaban J connectivity index is 2.48. The Morgan fingerprint density at radius 2 is 2.00 bits per heavy atom. The lowest BCUT2D eigenvalue weighted by atomic mass is 9.92. The number of benzene rings is 1. The minimum atomic E-state index is -0.521. The van der Waals surface area contributed by atoms with Crippen molar-refractivity contribution in [3.63, 3.8) is 0 Å². The molecule has 0 aliphatic rings. The summed E-state index contributed by atoms with van der Waals surface area (Å²) in [6.45, 7) is 7.96. The zero-order valence-electron chi connectivity index (χ0n) is 11.1. The van der Waals surface area contributed by atoms with E-state index >= 15 is 0 Å². The second kappa shape index (κ2) is 4.55. The molecular weight excluding hydrogens is 240 g/mol. The van der Waals surface area contributed by atoms with Gasteiger partial charge in [0.15, 0.2) is 0 Å². The smallest absolute Gasteiger partial charge is 0.123 e. The molecule has 1 aromatic heterocycles. The fourth-order valence-electron chi connectivity index (χ4n) is 1.71. The molecule has 0 unspecified atom stereocenters. The average Bonchev–Trinajstić information content (AvgIpc) is 2.82. The van der Waals surface area contributed by atoms with Crippen molar-refractivity contribution in [2.45, 2.75) is 33.1 Å². The maximum absolute atomic E-state index is 9.14. The summed E-state index contributed by atoms with van der Waals surface area (Å²) in [6, 6.07) is 8.66. The highest BCUT2D eigenvalue weighted by Crippen LogP contribution is 2.31. The van der Waals surface area contributed by atoms with Crippen LogP contribution in [-0.4, -0.2) is 4.98 Å². The molecule has 1 heterocycles. The molecule has 0 fully saturated rings. The molecule has 92 valence electrons. The van der Waals surface area contributed by atoms with E-state index in [0.29, 0.717) is 0 Å². The van der Waals surface area contributed by atoms with Crippen LogP contribution in [-0.2, 0) is 5.41 Å². The zero-order valence-corrected chi connectivity index (χ0v) is 11.9. The molecule has 0 aliphatic carbocycles. The van der Waals surface area contributed by atoms with Crippen LogP contribution in [0.25, 0.3) is 10.6 Å². The topological polar surface area (TPSA) is 36.7 Å². The van der Waals surface area contributed by atoms with Crippen LogP contribution >= 0.6 is 11.3 Å². The first-order valence-corrected chi connectivity index (χ1v) is 6.77. The van der Waals surface area contributed by atoms with E-state index in [9.17, 15) is 0 Å². The summed E-state index contributed by atoms with van der Waals surface area (Å²) in [4.78, 5) is 4.62. The van der Waals surface area contributed by atoms with Gasteiger partial charge in [0.25, 0.3) is 0 Å². The molecule has 18 heavy (non-hydrogen) atoms. The number of nitrogens with zero attached hydrogens (tertiary/aromatic N) is 2. The normalized spacial score (nSPS) is 11.3. The number of nitriles is 1. The second-order valence-corrected chi connectivity index (χ2v) is 5.95. The number of hydrogen-bond donors (Lipinski definition) is 0. The summed E-state index contributed by atoms with van der Waals surface area (Å²) < 4.78 is 0. The van der Waals surface area contributed by atoms with E-state index in [4.69, 9.17) is 5.26 Å². The third-order valence-corrected chi connectivity index (χ3v) is 3.92. The zero-order chi connectivity index (χ0) is 13.3. The predicted octanol–water partition coefficient (Wildman–Crippen LogP) is 4.23. The van der Waals surface area contributed by atoms with Gasteiger partial charge in [-0.1, -0.05) is 17.7 Å². The predicted molar refractivity (Wildman–Crippen MR) is 75.7 cm³/mol. The third-order valence-electron chi connectivity index (χ3n) is 3.05. The molecule has 0 bridgehead atoms. The van der Waals surface area contributed by atoms with Crippen LogP contribution < -0.4 is 0 Å². The molecule has 2 rings (SSSR count). The number of aryl methyl sites for hydroxylation is 2. The molecular formula is C15H16N2S. The third kappa shape index (κ3) is 2.30. The van der Waals surface area contributed by atoms with Crippen LogP contribution in [0.3, 0.4) is 0 Å². The van der Waals surface area contributed by atoms with Crippen LogP contribution in [0.2, 0.25) is 0 Å². The molecule has 2 aromatic rings. The van der Waals surface area contributed by atoms with E-state index in [-0.39, 0.29) is 0 Å². The quantitative estimate of drug-likeness (QED) is 0.806. The molecule has 0 saturated carbocycles. The van der Waals surface area contributed by atoms with E-state index in [1.807, 2.05) is 19.2 Å². The van der Waals surface area contributed by atoms with Gasteiger partial charge in [-0.15, -0.1) is 11.3 Å². The van der Waals surface area contributed by atoms with Gasteiger partial charge in [0.05, 0.1) is 17.2 Å². The summed E-state index contributed by atoms with van der Waals surface area (Å²) in [6.07, 6.45) is 0. The summed E-state index contributed by atoms with van der Waals surface area (Å²) in [7, 11) is 0. The van der Waals surface area contributed by atoms with Gasteiger partial charge in [-0.2, -0.15) is 5.26 Å². The van der Waals surface area contributed by atoms with Crippen molar-refractivity contribution < 1.29 is 0 Å². The summed E-state index contributed by atoms with van der Waals surface area (Å²) in [5.41, 5.74) is 3.95. The minimum Gasteiger partial charge on any atom is -0.239 e. The minimum absolute atomic E-state index is 0.521. The Hall–Kier alpha value is -1.66.